The molecule has 1 aliphatic rings. The summed E-state index contributed by atoms with van der Waals surface area (Å²) in [6, 6.07) is 0. The maximum absolute atomic E-state index is 11.9. The molecule has 0 radical (unpaired) electrons. The fraction of sp³-hybridized carbons (Fsp3) is 0.800. The highest BCUT2D eigenvalue weighted by Gasteiger charge is 2.19. The number of hydrogen-bond donors (Lipinski definition) is 2. The average Bonchev–Trinajstić information content (AvgIpc) is 2.93. The molecule has 1 fully saturated rings. The minimum absolute atomic E-state index is 0.0466. The van der Waals surface area contributed by atoms with Crippen molar-refractivity contribution in [3.63, 3.8) is 0 Å². The lowest BCUT2D eigenvalue weighted by atomic mass is 9.89. The van der Waals surface area contributed by atoms with E-state index in [2.05, 4.69) is 41.3 Å². The summed E-state index contributed by atoms with van der Waals surface area (Å²) in [5.74, 6) is 1.98. The largest absolute Gasteiger partial charge is 0.355 e. The van der Waals surface area contributed by atoms with Crippen molar-refractivity contribution in [1.29, 1.82) is 0 Å². The number of carbonyl (C=O) groups is 1. The molecule has 1 aliphatic carbocycles. The Morgan fingerprint density at radius 3 is 2.67 bits per heavy atom. The van der Waals surface area contributed by atoms with Crippen LogP contribution in [0.15, 0.2) is 5.16 Å². The van der Waals surface area contributed by atoms with Gasteiger partial charge in [-0.3, -0.25) is 9.89 Å². The van der Waals surface area contributed by atoms with Gasteiger partial charge in [0.15, 0.2) is 0 Å². The molecule has 1 saturated carbocycles. The fourth-order valence-electron chi connectivity index (χ4n) is 2.48. The van der Waals surface area contributed by atoms with Gasteiger partial charge < -0.3 is 5.32 Å². The van der Waals surface area contributed by atoms with Gasteiger partial charge in [-0.05, 0) is 18.8 Å². The lowest BCUT2D eigenvalue weighted by molar-refractivity contribution is -0.118. The Labute approximate surface area is 131 Å². The van der Waals surface area contributed by atoms with Crippen molar-refractivity contribution in [2.45, 2.75) is 63.4 Å². The number of carbonyl (C=O) groups excluding carboxylic acids is 1. The van der Waals surface area contributed by atoms with Crippen LogP contribution >= 0.6 is 11.8 Å². The van der Waals surface area contributed by atoms with Gasteiger partial charge in [-0.2, -0.15) is 0 Å². The normalized spacial score (nSPS) is 16.9. The Morgan fingerprint density at radius 1 is 1.33 bits per heavy atom. The number of hydrogen-bond acceptors (Lipinski definition) is 4. The van der Waals surface area contributed by atoms with Crippen LogP contribution in [-0.2, 0) is 10.2 Å². The van der Waals surface area contributed by atoms with Gasteiger partial charge in [0.2, 0.25) is 11.1 Å². The molecule has 1 heterocycles. The summed E-state index contributed by atoms with van der Waals surface area (Å²) in [4.78, 5) is 16.3. The molecular weight excluding hydrogens is 284 g/mol. The number of nitrogens with one attached hydrogen (secondary N) is 2. The third-order valence-electron chi connectivity index (χ3n) is 3.82. The maximum atomic E-state index is 11.9. The van der Waals surface area contributed by atoms with E-state index in [0.717, 1.165) is 12.4 Å². The fourth-order valence-corrected chi connectivity index (χ4v) is 3.11. The Bertz CT molecular complexity index is 460. The van der Waals surface area contributed by atoms with Crippen LogP contribution in [0.5, 0.6) is 0 Å². The van der Waals surface area contributed by atoms with Crippen molar-refractivity contribution in [2.75, 3.05) is 12.3 Å². The smallest absolute Gasteiger partial charge is 0.230 e. The summed E-state index contributed by atoms with van der Waals surface area (Å²) in [5.41, 5.74) is -0.0466. The van der Waals surface area contributed by atoms with Crippen LogP contribution in [0.1, 0.15) is 58.7 Å². The molecule has 1 aromatic rings. The van der Waals surface area contributed by atoms with Crippen LogP contribution < -0.4 is 5.32 Å². The third kappa shape index (κ3) is 5.34. The van der Waals surface area contributed by atoms with Gasteiger partial charge in [0.05, 0.1) is 5.75 Å². The minimum atomic E-state index is -0.0466. The Morgan fingerprint density at radius 2 is 2.05 bits per heavy atom. The van der Waals surface area contributed by atoms with Crippen molar-refractivity contribution < 1.29 is 4.79 Å². The van der Waals surface area contributed by atoms with Crippen molar-refractivity contribution in [1.82, 2.24) is 20.5 Å². The van der Waals surface area contributed by atoms with Crippen LogP contribution in [-0.4, -0.2) is 33.4 Å². The maximum Gasteiger partial charge on any atom is 0.230 e. The first kappa shape index (κ1) is 16.3. The average molecular weight is 310 g/mol. The second-order valence-corrected chi connectivity index (χ2v) is 7.76. The molecule has 118 valence electrons. The zero-order chi connectivity index (χ0) is 15.3. The van der Waals surface area contributed by atoms with Gasteiger partial charge >= 0.3 is 0 Å². The molecule has 0 saturated heterocycles. The molecule has 0 atom stereocenters. The lowest BCUT2D eigenvalue weighted by Gasteiger charge is -2.21. The quantitative estimate of drug-likeness (QED) is 0.820. The minimum Gasteiger partial charge on any atom is -0.355 e. The third-order valence-corrected chi connectivity index (χ3v) is 4.67. The van der Waals surface area contributed by atoms with E-state index in [1.165, 1.54) is 43.9 Å². The highest BCUT2D eigenvalue weighted by molar-refractivity contribution is 7.99. The van der Waals surface area contributed by atoms with Crippen LogP contribution in [0.3, 0.4) is 0 Å². The SMILES string of the molecule is CC(C)(C)c1nc(SCC(=O)NCC2CCCCC2)n[nH]1. The predicted molar refractivity (Wildman–Crippen MR) is 85.4 cm³/mol. The number of H-pyrrole nitrogens is 1. The molecule has 0 spiro atoms. The number of nitrogens with zero attached hydrogens (tertiary/aromatic N) is 2. The standard InChI is InChI=1S/C15H26N4OS/c1-15(2,3)13-17-14(19-18-13)21-10-12(20)16-9-11-7-5-4-6-8-11/h11H,4-10H2,1-3H3,(H,16,20)(H,17,18,19). The first-order valence-corrected chi connectivity index (χ1v) is 8.76. The number of amides is 1. The monoisotopic (exact) mass is 310 g/mol. The van der Waals surface area contributed by atoms with Gasteiger partial charge in [-0.15, -0.1) is 5.10 Å². The molecular formula is C15H26N4OS. The van der Waals surface area contributed by atoms with E-state index in [1.54, 1.807) is 0 Å². The van der Waals surface area contributed by atoms with Gasteiger partial charge in [0, 0.05) is 12.0 Å². The number of aromatic nitrogens is 3. The van der Waals surface area contributed by atoms with Crippen molar-refractivity contribution >= 4 is 17.7 Å². The zero-order valence-electron chi connectivity index (χ0n) is 13.2. The van der Waals surface area contributed by atoms with E-state index < -0.39 is 0 Å². The summed E-state index contributed by atoms with van der Waals surface area (Å²) < 4.78 is 0. The summed E-state index contributed by atoms with van der Waals surface area (Å²) in [6.45, 7) is 7.07. The topological polar surface area (TPSA) is 70.7 Å². The summed E-state index contributed by atoms with van der Waals surface area (Å²) in [5, 5.41) is 10.8. The van der Waals surface area contributed by atoms with Crippen LogP contribution in [0.25, 0.3) is 0 Å². The number of aromatic amines is 1. The highest BCUT2D eigenvalue weighted by Crippen LogP contribution is 2.23. The molecule has 2 rings (SSSR count). The van der Waals surface area contributed by atoms with E-state index >= 15 is 0 Å². The Hall–Kier alpha value is -1.04. The molecule has 0 aromatic carbocycles. The van der Waals surface area contributed by atoms with E-state index in [9.17, 15) is 4.79 Å². The van der Waals surface area contributed by atoms with Crippen molar-refractivity contribution in [3.8, 4) is 0 Å². The van der Waals surface area contributed by atoms with Crippen molar-refractivity contribution in [2.24, 2.45) is 5.92 Å². The van der Waals surface area contributed by atoms with E-state index in [1.807, 2.05) is 0 Å². The number of rotatable bonds is 5. The van der Waals surface area contributed by atoms with Gasteiger partial charge in [-0.1, -0.05) is 51.8 Å². The van der Waals surface area contributed by atoms with Gasteiger partial charge in [0.25, 0.3) is 0 Å². The molecule has 21 heavy (non-hydrogen) atoms. The Balaban J connectivity index is 1.70. The molecule has 0 aliphatic heterocycles. The molecule has 0 bridgehead atoms. The van der Waals surface area contributed by atoms with Gasteiger partial charge in [0.1, 0.15) is 5.82 Å². The highest BCUT2D eigenvalue weighted by atomic mass is 32.2. The zero-order valence-corrected chi connectivity index (χ0v) is 14.1. The molecule has 6 heteroatoms. The first-order valence-electron chi connectivity index (χ1n) is 7.77. The lowest BCUT2D eigenvalue weighted by Crippen LogP contribution is -2.31. The number of thioether (sulfide) groups is 1. The van der Waals surface area contributed by atoms with Crippen LogP contribution in [0, 0.1) is 5.92 Å². The molecule has 1 amide bonds. The van der Waals surface area contributed by atoms with Gasteiger partial charge in [-0.25, -0.2) is 4.98 Å². The van der Waals surface area contributed by atoms with Crippen LogP contribution in [0.4, 0.5) is 0 Å². The van der Waals surface area contributed by atoms with E-state index in [0.29, 0.717) is 16.8 Å². The van der Waals surface area contributed by atoms with Crippen molar-refractivity contribution in [3.05, 3.63) is 5.82 Å². The van der Waals surface area contributed by atoms with Crippen LogP contribution in [0.2, 0.25) is 0 Å². The molecule has 1 aromatic heterocycles. The summed E-state index contributed by atoms with van der Waals surface area (Å²) >= 11 is 1.39. The van der Waals surface area contributed by atoms with E-state index in [-0.39, 0.29) is 11.3 Å². The molecule has 2 N–H and O–H groups in total. The molecule has 0 unspecified atom stereocenters. The summed E-state index contributed by atoms with van der Waals surface area (Å²) in [6.07, 6.45) is 6.47. The first-order chi connectivity index (χ1) is 9.95. The second kappa shape index (κ2) is 7.29. The predicted octanol–water partition coefficient (Wildman–Crippen LogP) is 2.89. The molecule has 5 nitrogen and oxygen atoms in total. The van der Waals surface area contributed by atoms with E-state index in [4.69, 9.17) is 0 Å². The summed E-state index contributed by atoms with van der Waals surface area (Å²) in [7, 11) is 0. The Kier molecular flexibility index (Phi) is 5.67. The second-order valence-electron chi connectivity index (χ2n) is 6.81.